The SMILES string of the molecule is CC(C)(C)C1CCC(S)(CC(=O)N[C@@H](Cc2ccc(O)cc2)C(=O)N[C@@H](Cc2ccccc2)C(=O)N[C@@H](CCC(N)=O)C(=O)N[C@@H](CC(N)=O)C(=O)N[C@@H](C=S)C(=O)N2CCC[C@H]2C(=O)N[C@H](CCCN=C(N)N)C(=O)NCC(N)=O)CC1. The number of carbonyl (C=O) groups excluding carboxylic acids is 11. The van der Waals surface area contributed by atoms with Crippen LogP contribution in [0.15, 0.2) is 59.6 Å². The van der Waals surface area contributed by atoms with Crippen molar-refractivity contribution in [3.8, 4) is 5.75 Å². The Labute approximate surface area is 492 Å². The molecule has 2 aliphatic rings. The molecule has 0 radical (unpaired) electrons. The van der Waals surface area contributed by atoms with Crippen LogP contribution in [-0.2, 0) is 65.6 Å². The molecule has 454 valence electrons. The zero-order valence-corrected chi connectivity index (χ0v) is 48.7. The monoisotopic (exact) mass is 1190 g/mol. The van der Waals surface area contributed by atoms with E-state index < -0.39 is 138 Å². The third kappa shape index (κ3) is 22.8. The van der Waals surface area contributed by atoms with Crippen molar-refractivity contribution in [2.45, 2.75) is 158 Å². The molecule has 28 heteroatoms. The van der Waals surface area contributed by atoms with Crippen molar-refractivity contribution < 1.29 is 57.8 Å². The maximum absolute atomic E-state index is 14.5. The number of nitrogens with zero attached hydrogens (tertiary/aromatic N) is 2. The van der Waals surface area contributed by atoms with E-state index in [2.05, 4.69) is 63.0 Å². The second-order valence-corrected chi connectivity index (χ2v) is 23.3. The molecule has 2 fully saturated rings. The molecule has 1 saturated heterocycles. The number of thiocarbonyl (C=S) groups is 1. The smallest absolute Gasteiger partial charge is 0.250 e. The van der Waals surface area contributed by atoms with Gasteiger partial charge >= 0.3 is 0 Å². The number of rotatable bonds is 31. The summed E-state index contributed by atoms with van der Waals surface area (Å²) in [5, 5.41) is 28.7. The number of nitrogens with two attached hydrogens (primary N) is 5. The third-order valence-corrected chi connectivity index (χ3v) is 15.4. The molecule has 0 aromatic heterocycles. The van der Waals surface area contributed by atoms with E-state index in [4.69, 9.17) is 53.5 Å². The molecule has 2 aromatic rings. The first kappa shape index (κ1) is 67.6. The zero-order valence-electron chi connectivity index (χ0n) is 47.0. The number of likely N-dealkylation sites (tertiary alicyclic amines) is 1. The molecule has 2 aromatic carbocycles. The lowest BCUT2D eigenvalue weighted by atomic mass is 9.69. The van der Waals surface area contributed by atoms with Crippen LogP contribution in [0.4, 0.5) is 0 Å². The maximum Gasteiger partial charge on any atom is 0.250 e. The number of guanidine groups is 1. The minimum atomic E-state index is -1.83. The van der Waals surface area contributed by atoms with Crippen LogP contribution in [0.25, 0.3) is 0 Å². The molecule has 0 bridgehead atoms. The summed E-state index contributed by atoms with van der Waals surface area (Å²) in [7, 11) is 0. The van der Waals surface area contributed by atoms with Crippen molar-refractivity contribution in [3.63, 3.8) is 0 Å². The lowest BCUT2D eigenvalue weighted by Crippen LogP contribution is -2.61. The summed E-state index contributed by atoms with van der Waals surface area (Å²) in [6, 6.07) is 4.28. The zero-order chi connectivity index (χ0) is 61.6. The van der Waals surface area contributed by atoms with E-state index >= 15 is 0 Å². The standard InChI is InChI=1S/C55H80N14O12S2/c1-54(2,3)33-19-21-55(83,22-20-33)28-45(74)63-37(26-32-13-15-34(70)16-14-32)48(77)66-38(25-31-9-5-4-6-10-31)49(78)64-36(17-18-42(56)71)47(76)67-39(27-43(57)72)50(79)68-40(30-82)52(81)69-24-8-12-41(69)51(80)65-35(11-7-23-61-53(59)60)46(75)62-29-44(58)73/h4-6,9-10,13-16,30,33,35-41,70,83H,7-8,11-12,17-29H2,1-3H3,(H2,56,71)(H2,57,72)(H2,58,73)(H,62,75)(H,63,74)(H,64,78)(H,65,80)(H,66,77)(H,67,76)(H,68,79)(H4,59,60,61)/t33?,35-,36+,37+,38+,39+,40+,41+,55?/m1/s1. The average molecular weight is 1190 g/mol. The van der Waals surface area contributed by atoms with Gasteiger partial charge in [0.05, 0.1) is 13.0 Å². The van der Waals surface area contributed by atoms with E-state index in [-0.39, 0.29) is 68.7 Å². The van der Waals surface area contributed by atoms with Crippen molar-refractivity contribution in [1.82, 2.24) is 42.1 Å². The summed E-state index contributed by atoms with van der Waals surface area (Å²) in [5.41, 5.74) is 28.2. The van der Waals surface area contributed by atoms with Crippen molar-refractivity contribution in [1.29, 1.82) is 0 Å². The van der Waals surface area contributed by atoms with Gasteiger partial charge in [-0.25, -0.2) is 0 Å². The van der Waals surface area contributed by atoms with Gasteiger partial charge in [-0.1, -0.05) is 75.5 Å². The van der Waals surface area contributed by atoms with Crippen LogP contribution in [-0.4, -0.2) is 153 Å². The van der Waals surface area contributed by atoms with Gasteiger partial charge in [-0.2, -0.15) is 12.6 Å². The Morgan fingerprint density at radius 1 is 0.699 bits per heavy atom. The molecule has 0 unspecified atom stereocenters. The molecule has 11 amide bonds. The predicted octanol–water partition coefficient (Wildman–Crippen LogP) is -1.83. The number of carbonyl (C=O) groups is 11. The molecular weight excluding hydrogens is 1110 g/mol. The molecule has 1 saturated carbocycles. The van der Waals surface area contributed by atoms with Gasteiger partial charge in [0, 0.05) is 48.9 Å². The number of phenols is 1. The van der Waals surface area contributed by atoms with Crippen LogP contribution in [0, 0.1) is 11.3 Å². The minimum absolute atomic E-state index is 0.00223. The number of hydrogen-bond donors (Lipinski definition) is 14. The van der Waals surface area contributed by atoms with Gasteiger partial charge < -0.3 is 75.9 Å². The molecule has 7 atom stereocenters. The first-order chi connectivity index (χ1) is 39.1. The Bertz CT molecular complexity index is 2680. The summed E-state index contributed by atoms with van der Waals surface area (Å²) < 4.78 is -0.638. The highest BCUT2D eigenvalue weighted by molar-refractivity contribution is 7.81. The van der Waals surface area contributed by atoms with Gasteiger partial charge in [0.2, 0.25) is 59.1 Å². The highest BCUT2D eigenvalue weighted by atomic mass is 32.1. The number of thiol groups is 1. The van der Waals surface area contributed by atoms with Crippen LogP contribution in [0.3, 0.4) is 0 Å². The first-order valence-corrected chi connectivity index (χ1v) is 28.3. The van der Waals surface area contributed by atoms with Gasteiger partial charge in [0.15, 0.2) is 5.96 Å². The minimum Gasteiger partial charge on any atom is -0.508 e. The van der Waals surface area contributed by atoms with E-state index in [0.717, 1.165) is 23.1 Å². The van der Waals surface area contributed by atoms with Crippen LogP contribution < -0.4 is 65.9 Å². The molecule has 83 heavy (non-hydrogen) atoms. The normalized spacial score (nSPS) is 18.9. The van der Waals surface area contributed by atoms with Gasteiger partial charge in [-0.3, -0.25) is 57.7 Å². The maximum atomic E-state index is 14.5. The van der Waals surface area contributed by atoms with Crippen LogP contribution in [0.5, 0.6) is 5.75 Å². The quantitative estimate of drug-likeness (QED) is 0.0130. The fourth-order valence-electron chi connectivity index (χ4n) is 9.89. The summed E-state index contributed by atoms with van der Waals surface area (Å²) >= 11 is 10.1. The topological polar surface area (TPSA) is 438 Å². The summed E-state index contributed by atoms with van der Waals surface area (Å²) in [6.07, 6.45) is 1.76. The number of phenolic OH excluding ortho intramolecular Hbond substituents is 1. The number of aromatic hydroxyl groups is 1. The number of benzene rings is 2. The Morgan fingerprint density at radius 3 is 1.82 bits per heavy atom. The molecule has 1 aliphatic carbocycles. The number of nitrogens with one attached hydrogen (secondary N) is 7. The fourth-order valence-corrected chi connectivity index (χ4v) is 10.5. The number of aliphatic imine (C=N–C) groups is 1. The van der Waals surface area contributed by atoms with Gasteiger partial charge in [0.1, 0.15) is 48.0 Å². The van der Waals surface area contributed by atoms with Crippen molar-refractivity contribution in [2.75, 3.05) is 19.6 Å². The van der Waals surface area contributed by atoms with E-state index in [0.29, 0.717) is 36.3 Å². The Balaban J connectivity index is 1.55. The Morgan fingerprint density at radius 2 is 1.25 bits per heavy atom. The molecule has 26 nitrogen and oxygen atoms in total. The lowest BCUT2D eigenvalue weighted by molar-refractivity contribution is -0.141. The average Bonchev–Trinajstić information content (AvgIpc) is 3.94. The van der Waals surface area contributed by atoms with Crippen molar-refractivity contribution in [2.24, 2.45) is 45.0 Å². The van der Waals surface area contributed by atoms with E-state index in [1.165, 1.54) is 12.1 Å². The molecule has 4 rings (SSSR count). The Hall–Kier alpha value is -7.88. The Kier molecular flexibility index (Phi) is 26.1. The van der Waals surface area contributed by atoms with Gasteiger partial charge in [-0.05, 0) is 92.4 Å². The number of amides is 11. The highest BCUT2D eigenvalue weighted by Gasteiger charge is 2.41. The fraction of sp³-hybridized carbons (Fsp3) is 0.545. The second-order valence-electron chi connectivity index (χ2n) is 22.1. The summed E-state index contributed by atoms with van der Waals surface area (Å²) in [4.78, 5) is 153. The first-order valence-electron chi connectivity index (χ1n) is 27.4. The van der Waals surface area contributed by atoms with E-state index in [1.807, 2.05) is 0 Å². The molecule has 0 spiro atoms. The largest absolute Gasteiger partial charge is 0.508 e. The van der Waals surface area contributed by atoms with Crippen molar-refractivity contribution >= 4 is 101 Å². The van der Waals surface area contributed by atoms with E-state index in [9.17, 15) is 57.8 Å². The number of hydrogen-bond acceptors (Lipinski definition) is 15. The molecular formula is C55H80N14O12S2. The van der Waals surface area contributed by atoms with Crippen molar-refractivity contribution in [3.05, 3.63) is 65.7 Å². The lowest BCUT2D eigenvalue weighted by Gasteiger charge is -2.41. The van der Waals surface area contributed by atoms with Gasteiger partial charge in [-0.15, -0.1) is 0 Å². The predicted molar refractivity (Wildman–Crippen MR) is 314 cm³/mol. The van der Waals surface area contributed by atoms with Crippen LogP contribution >= 0.6 is 24.8 Å². The summed E-state index contributed by atoms with van der Waals surface area (Å²) in [6.45, 7) is 6.12. The van der Waals surface area contributed by atoms with Crippen LogP contribution in [0.2, 0.25) is 0 Å². The van der Waals surface area contributed by atoms with Gasteiger partial charge in [0.25, 0.3) is 5.91 Å². The molecule has 1 aliphatic heterocycles. The van der Waals surface area contributed by atoms with E-state index in [1.54, 1.807) is 42.5 Å². The van der Waals surface area contributed by atoms with Crippen LogP contribution in [0.1, 0.15) is 109 Å². The molecule has 18 N–H and O–H groups in total. The number of primary amides is 3. The third-order valence-electron chi connectivity index (χ3n) is 14.5. The molecule has 1 heterocycles. The second kappa shape index (κ2) is 32.1. The summed E-state index contributed by atoms with van der Waals surface area (Å²) in [5.74, 6) is -9.42. The highest BCUT2D eigenvalue weighted by Crippen LogP contribution is 2.45.